The quantitative estimate of drug-likeness (QED) is 0.518. The van der Waals surface area contributed by atoms with E-state index in [0.717, 1.165) is 11.3 Å². The Morgan fingerprint density at radius 3 is 3.00 bits per heavy atom. The Balaban J connectivity index is 2.42. The molecule has 1 unspecified atom stereocenters. The van der Waals surface area contributed by atoms with Gasteiger partial charge < -0.3 is 4.55 Å². The van der Waals surface area contributed by atoms with Gasteiger partial charge in [0.1, 0.15) is 11.5 Å². The van der Waals surface area contributed by atoms with Crippen molar-refractivity contribution >= 4 is 11.2 Å². The molecule has 0 amide bonds. The lowest BCUT2D eigenvalue weighted by Crippen LogP contribution is -1.95. The first-order valence-corrected chi connectivity index (χ1v) is 4.62. The number of rotatable bonds is 0. The van der Waals surface area contributed by atoms with Crippen molar-refractivity contribution < 1.29 is 4.55 Å². The summed E-state index contributed by atoms with van der Waals surface area (Å²) in [6.07, 6.45) is 3.56. The fourth-order valence-electron chi connectivity index (χ4n) is 1.12. The Kier molecular flexibility index (Phi) is 1.39. The van der Waals surface area contributed by atoms with Crippen LogP contribution in [0.4, 0.5) is 0 Å². The predicted octanol–water partition coefficient (Wildman–Crippen LogP) is 0.844. The minimum atomic E-state index is -0.659. The Morgan fingerprint density at radius 2 is 2.20 bits per heavy atom. The highest BCUT2D eigenvalue weighted by Gasteiger charge is 2.21. The van der Waals surface area contributed by atoms with Gasteiger partial charge in [0.05, 0.1) is 0 Å². The molecule has 1 aliphatic rings. The first kappa shape index (κ1) is 6.19. The maximum Gasteiger partial charge on any atom is 0.132 e. The molecule has 3 heteroatoms. The monoisotopic (exact) mass is 153 g/mol. The summed E-state index contributed by atoms with van der Waals surface area (Å²) in [4.78, 5) is 3.96. The Morgan fingerprint density at radius 1 is 1.40 bits per heavy atom. The fourth-order valence-corrected chi connectivity index (χ4v) is 2.46. The molecule has 2 nitrogen and oxygen atoms in total. The normalized spacial score (nSPS) is 22.7. The summed E-state index contributed by atoms with van der Waals surface area (Å²) in [6.45, 7) is 0. The zero-order chi connectivity index (χ0) is 6.97. The van der Waals surface area contributed by atoms with Gasteiger partial charge in [-0.25, -0.2) is 0 Å². The van der Waals surface area contributed by atoms with Gasteiger partial charge in [-0.15, -0.1) is 0 Å². The molecule has 1 aliphatic heterocycles. The average Bonchev–Trinajstić information content (AvgIpc) is 2.27. The van der Waals surface area contributed by atoms with Crippen LogP contribution in [0.3, 0.4) is 0 Å². The zero-order valence-electron chi connectivity index (χ0n) is 5.41. The van der Waals surface area contributed by atoms with E-state index in [1.807, 2.05) is 6.07 Å². The van der Waals surface area contributed by atoms with Crippen molar-refractivity contribution in [1.82, 2.24) is 4.98 Å². The largest absolute Gasteiger partial charge is 0.616 e. The molecule has 0 bridgehead atoms. The van der Waals surface area contributed by atoms with Crippen LogP contribution in [0.2, 0.25) is 0 Å². The lowest BCUT2D eigenvalue weighted by Gasteiger charge is -1.97. The van der Waals surface area contributed by atoms with Gasteiger partial charge in [0.2, 0.25) is 0 Å². The molecule has 0 aromatic carbocycles. The second kappa shape index (κ2) is 2.25. The number of hydrogen-bond donors (Lipinski definition) is 0. The molecule has 10 heavy (non-hydrogen) atoms. The summed E-state index contributed by atoms with van der Waals surface area (Å²) in [6, 6.07) is 1.94. The highest BCUT2D eigenvalue weighted by Crippen LogP contribution is 2.22. The van der Waals surface area contributed by atoms with E-state index in [4.69, 9.17) is 0 Å². The van der Waals surface area contributed by atoms with E-state index in [9.17, 15) is 4.55 Å². The Bertz CT molecular complexity index is 226. The van der Waals surface area contributed by atoms with Crippen LogP contribution in [0.1, 0.15) is 11.1 Å². The number of nitrogens with zero attached hydrogens (tertiary/aromatic N) is 1. The van der Waals surface area contributed by atoms with E-state index in [1.165, 1.54) is 5.56 Å². The van der Waals surface area contributed by atoms with Crippen LogP contribution in [0.15, 0.2) is 18.5 Å². The van der Waals surface area contributed by atoms with Gasteiger partial charge >= 0.3 is 0 Å². The van der Waals surface area contributed by atoms with E-state index >= 15 is 0 Å². The summed E-state index contributed by atoms with van der Waals surface area (Å²) in [5.41, 5.74) is 2.36. The molecule has 1 aromatic rings. The molecular formula is C7H7NOS. The van der Waals surface area contributed by atoms with E-state index in [0.29, 0.717) is 5.75 Å². The third kappa shape index (κ3) is 0.914. The van der Waals surface area contributed by atoms with Crippen molar-refractivity contribution in [2.24, 2.45) is 0 Å². The molecule has 2 heterocycles. The SMILES string of the molecule is [O-][S+]1Cc2ccncc2C1. The van der Waals surface area contributed by atoms with Gasteiger partial charge in [-0.1, -0.05) is 0 Å². The number of hydrogen-bond acceptors (Lipinski definition) is 2. The van der Waals surface area contributed by atoms with Gasteiger partial charge in [-0.3, -0.25) is 4.98 Å². The van der Waals surface area contributed by atoms with Crippen LogP contribution >= 0.6 is 0 Å². The fraction of sp³-hybridized carbons (Fsp3) is 0.286. The smallest absolute Gasteiger partial charge is 0.132 e. The first-order valence-electron chi connectivity index (χ1n) is 3.13. The standard InChI is InChI=1S/C7H7NOS/c9-10-4-6-1-2-8-3-7(6)5-10/h1-3H,4-5H2. The average molecular weight is 153 g/mol. The zero-order valence-corrected chi connectivity index (χ0v) is 6.23. The van der Waals surface area contributed by atoms with Crippen LogP contribution in [0.5, 0.6) is 0 Å². The lowest BCUT2D eigenvalue weighted by molar-refractivity contribution is 0.597. The summed E-state index contributed by atoms with van der Waals surface area (Å²) < 4.78 is 11.0. The summed E-state index contributed by atoms with van der Waals surface area (Å²) in [5.74, 6) is 1.42. The van der Waals surface area contributed by atoms with Crippen molar-refractivity contribution in [2.75, 3.05) is 0 Å². The van der Waals surface area contributed by atoms with Crippen molar-refractivity contribution in [2.45, 2.75) is 11.5 Å². The molecular weight excluding hydrogens is 146 g/mol. The maximum atomic E-state index is 11.0. The van der Waals surface area contributed by atoms with E-state index in [1.54, 1.807) is 12.4 Å². The summed E-state index contributed by atoms with van der Waals surface area (Å²) in [5, 5.41) is 0. The Hall–Kier alpha value is -0.540. The van der Waals surface area contributed by atoms with Crippen LogP contribution < -0.4 is 0 Å². The second-order valence-corrected chi connectivity index (χ2v) is 3.83. The van der Waals surface area contributed by atoms with Gasteiger partial charge in [0.15, 0.2) is 0 Å². The molecule has 0 aliphatic carbocycles. The molecule has 0 saturated heterocycles. The molecule has 2 rings (SSSR count). The van der Waals surface area contributed by atoms with Gasteiger partial charge in [-0.2, -0.15) is 0 Å². The molecule has 52 valence electrons. The van der Waals surface area contributed by atoms with Gasteiger partial charge in [0, 0.05) is 23.5 Å². The van der Waals surface area contributed by atoms with E-state index in [2.05, 4.69) is 4.98 Å². The molecule has 0 N–H and O–H groups in total. The van der Waals surface area contributed by atoms with E-state index < -0.39 is 11.2 Å². The van der Waals surface area contributed by atoms with Crippen LogP contribution in [-0.2, 0) is 22.7 Å². The third-order valence-electron chi connectivity index (χ3n) is 1.64. The van der Waals surface area contributed by atoms with Crippen LogP contribution in [0.25, 0.3) is 0 Å². The highest BCUT2D eigenvalue weighted by atomic mass is 32.2. The van der Waals surface area contributed by atoms with Gasteiger partial charge in [-0.05, 0) is 17.2 Å². The van der Waals surface area contributed by atoms with Crippen LogP contribution in [0, 0.1) is 0 Å². The lowest BCUT2D eigenvalue weighted by atomic mass is 10.2. The first-order chi connectivity index (χ1) is 4.86. The predicted molar refractivity (Wildman–Crippen MR) is 39.8 cm³/mol. The molecule has 0 saturated carbocycles. The third-order valence-corrected chi connectivity index (χ3v) is 2.90. The van der Waals surface area contributed by atoms with Crippen molar-refractivity contribution in [1.29, 1.82) is 0 Å². The summed E-state index contributed by atoms with van der Waals surface area (Å²) >= 11 is -0.659. The van der Waals surface area contributed by atoms with Crippen LogP contribution in [-0.4, -0.2) is 9.54 Å². The Labute approximate surface area is 62.5 Å². The maximum absolute atomic E-state index is 11.0. The molecule has 1 atom stereocenters. The molecule has 0 radical (unpaired) electrons. The minimum absolute atomic E-state index is 0.659. The second-order valence-electron chi connectivity index (χ2n) is 2.37. The number of aromatic nitrogens is 1. The number of pyridine rings is 1. The topological polar surface area (TPSA) is 36.0 Å². The minimum Gasteiger partial charge on any atom is -0.616 e. The highest BCUT2D eigenvalue weighted by molar-refractivity contribution is 7.90. The number of fused-ring (bicyclic) bond motifs is 1. The summed E-state index contributed by atoms with van der Waals surface area (Å²) in [7, 11) is 0. The van der Waals surface area contributed by atoms with E-state index in [-0.39, 0.29) is 0 Å². The van der Waals surface area contributed by atoms with Gasteiger partial charge in [0.25, 0.3) is 0 Å². The molecule has 1 aromatic heterocycles. The van der Waals surface area contributed by atoms with Crippen molar-refractivity contribution in [3.63, 3.8) is 0 Å². The van der Waals surface area contributed by atoms with Crippen molar-refractivity contribution in [3.8, 4) is 0 Å². The molecule has 0 fully saturated rings. The molecule has 0 spiro atoms. The van der Waals surface area contributed by atoms with Crippen molar-refractivity contribution in [3.05, 3.63) is 29.6 Å².